The monoisotopic (exact) mass is 234 g/mol. The van der Waals surface area contributed by atoms with Gasteiger partial charge in [0.05, 0.1) is 5.69 Å². The zero-order chi connectivity index (χ0) is 11.7. The Kier molecular flexibility index (Phi) is 3.02. The lowest BCUT2D eigenvalue weighted by Gasteiger charge is -2.22. The van der Waals surface area contributed by atoms with Crippen LogP contribution in [0.25, 0.3) is 0 Å². The van der Waals surface area contributed by atoms with Gasteiger partial charge in [0.1, 0.15) is 5.82 Å². The van der Waals surface area contributed by atoms with Crippen molar-refractivity contribution in [3.8, 4) is 0 Å². The van der Waals surface area contributed by atoms with E-state index in [0.29, 0.717) is 6.04 Å². The highest BCUT2D eigenvalue weighted by Crippen LogP contribution is 2.28. The zero-order valence-electron chi connectivity index (χ0n) is 10.1. The summed E-state index contributed by atoms with van der Waals surface area (Å²) in [5.74, 6) is -0.0676. The van der Waals surface area contributed by atoms with Crippen LogP contribution in [0.3, 0.4) is 0 Å². The average Bonchev–Trinajstić information content (AvgIpc) is 3.01. The summed E-state index contributed by atoms with van der Waals surface area (Å²) in [5.41, 5.74) is 1.94. The maximum atomic E-state index is 14.0. The molecule has 3 rings (SSSR count). The second-order valence-corrected chi connectivity index (χ2v) is 5.10. The van der Waals surface area contributed by atoms with Crippen molar-refractivity contribution in [3.05, 3.63) is 29.6 Å². The van der Waals surface area contributed by atoms with E-state index in [0.717, 1.165) is 30.9 Å². The fourth-order valence-corrected chi connectivity index (χ4v) is 2.54. The van der Waals surface area contributed by atoms with Gasteiger partial charge in [-0.15, -0.1) is 0 Å². The Morgan fingerprint density at radius 1 is 1.24 bits per heavy atom. The van der Waals surface area contributed by atoms with Crippen LogP contribution in [-0.2, 0) is 6.54 Å². The molecule has 0 spiro atoms. The maximum absolute atomic E-state index is 14.0. The number of nitrogens with one attached hydrogen (secondary N) is 1. The molecule has 17 heavy (non-hydrogen) atoms. The van der Waals surface area contributed by atoms with Gasteiger partial charge in [0, 0.05) is 25.7 Å². The molecule has 0 atom stereocenters. The van der Waals surface area contributed by atoms with Crippen LogP contribution in [0, 0.1) is 5.82 Å². The molecule has 2 aliphatic rings. The molecule has 1 saturated heterocycles. The predicted octanol–water partition coefficient (Wildman–Crippen LogP) is 2.68. The van der Waals surface area contributed by atoms with Crippen molar-refractivity contribution in [2.75, 3.05) is 18.0 Å². The Labute approximate surface area is 102 Å². The SMILES string of the molecule is Fc1cccc(CNC2CC2)c1N1CCCC1. The number of nitrogens with zero attached hydrogens (tertiary/aromatic N) is 1. The third-order valence-electron chi connectivity index (χ3n) is 3.65. The van der Waals surface area contributed by atoms with Gasteiger partial charge in [-0.1, -0.05) is 12.1 Å². The van der Waals surface area contributed by atoms with Gasteiger partial charge in [-0.05, 0) is 37.3 Å². The maximum Gasteiger partial charge on any atom is 0.146 e. The molecule has 1 heterocycles. The molecular formula is C14H19FN2. The largest absolute Gasteiger partial charge is 0.369 e. The molecule has 3 heteroatoms. The van der Waals surface area contributed by atoms with Crippen molar-refractivity contribution in [2.24, 2.45) is 0 Å². The normalized spacial score (nSPS) is 19.9. The molecule has 1 saturated carbocycles. The highest BCUT2D eigenvalue weighted by Gasteiger charge is 2.23. The number of benzene rings is 1. The summed E-state index contributed by atoms with van der Waals surface area (Å²) >= 11 is 0. The van der Waals surface area contributed by atoms with Crippen LogP contribution in [0.4, 0.5) is 10.1 Å². The fourth-order valence-electron chi connectivity index (χ4n) is 2.54. The first-order valence-electron chi connectivity index (χ1n) is 6.60. The lowest BCUT2D eigenvalue weighted by atomic mass is 10.1. The van der Waals surface area contributed by atoms with Crippen molar-refractivity contribution in [1.29, 1.82) is 0 Å². The van der Waals surface area contributed by atoms with Crippen LogP contribution in [-0.4, -0.2) is 19.1 Å². The molecule has 2 fully saturated rings. The van der Waals surface area contributed by atoms with Crippen LogP contribution in [0.5, 0.6) is 0 Å². The Bertz CT molecular complexity index is 395. The van der Waals surface area contributed by atoms with E-state index in [1.165, 1.54) is 25.7 Å². The second-order valence-electron chi connectivity index (χ2n) is 5.10. The van der Waals surface area contributed by atoms with E-state index in [1.54, 1.807) is 6.07 Å². The summed E-state index contributed by atoms with van der Waals surface area (Å²) in [7, 11) is 0. The van der Waals surface area contributed by atoms with Crippen LogP contribution >= 0.6 is 0 Å². The van der Waals surface area contributed by atoms with E-state index in [2.05, 4.69) is 10.2 Å². The van der Waals surface area contributed by atoms with Crippen LogP contribution in [0.2, 0.25) is 0 Å². The first-order valence-corrected chi connectivity index (χ1v) is 6.60. The molecule has 92 valence electrons. The smallest absolute Gasteiger partial charge is 0.146 e. The van der Waals surface area contributed by atoms with E-state index in [1.807, 2.05) is 12.1 Å². The standard InChI is InChI=1S/C14H19FN2/c15-13-5-3-4-11(10-16-12-6-7-12)14(13)17-8-1-2-9-17/h3-5,12,16H,1-2,6-10H2. The van der Waals surface area contributed by atoms with Gasteiger partial charge in [-0.3, -0.25) is 0 Å². The minimum atomic E-state index is -0.0676. The number of halogens is 1. The van der Waals surface area contributed by atoms with Gasteiger partial charge < -0.3 is 10.2 Å². The van der Waals surface area contributed by atoms with Crippen molar-refractivity contribution in [3.63, 3.8) is 0 Å². The minimum absolute atomic E-state index is 0.0676. The second kappa shape index (κ2) is 4.65. The first-order chi connectivity index (χ1) is 8.34. The molecule has 0 amide bonds. The fraction of sp³-hybridized carbons (Fsp3) is 0.571. The molecule has 1 aromatic rings. The van der Waals surface area contributed by atoms with Crippen molar-refractivity contribution in [1.82, 2.24) is 5.32 Å². The van der Waals surface area contributed by atoms with Gasteiger partial charge in [0.25, 0.3) is 0 Å². The molecule has 0 aromatic heterocycles. The summed E-state index contributed by atoms with van der Waals surface area (Å²) in [4.78, 5) is 2.19. The quantitative estimate of drug-likeness (QED) is 0.861. The van der Waals surface area contributed by atoms with E-state index in [4.69, 9.17) is 0 Å². The van der Waals surface area contributed by atoms with Gasteiger partial charge in [-0.25, -0.2) is 4.39 Å². The number of rotatable bonds is 4. The Balaban J connectivity index is 1.81. The van der Waals surface area contributed by atoms with E-state index in [-0.39, 0.29) is 5.82 Å². The lowest BCUT2D eigenvalue weighted by molar-refractivity contribution is 0.614. The Hall–Kier alpha value is -1.09. The van der Waals surface area contributed by atoms with Gasteiger partial charge >= 0.3 is 0 Å². The summed E-state index contributed by atoms with van der Waals surface area (Å²) < 4.78 is 14.0. The van der Waals surface area contributed by atoms with Gasteiger partial charge in [-0.2, -0.15) is 0 Å². The topological polar surface area (TPSA) is 15.3 Å². The third kappa shape index (κ3) is 2.44. The molecule has 0 unspecified atom stereocenters. The highest BCUT2D eigenvalue weighted by molar-refractivity contribution is 5.55. The molecular weight excluding hydrogens is 215 g/mol. The molecule has 0 radical (unpaired) electrons. The van der Waals surface area contributed by atoms with Crippen LogP contribution < -0.4 is 10.2 Å². The molecule has 0 bridgehead atoms. The molecule has 2 nitrogen and oxygen atoms in total. The summed E-state index contributed by atoms with van der Waals surface area (Å²) in [6.45, 7) is 2.79. The van der Waals surface area contributed by atoms with Crippen molar-refractivity contribution in [2.45, 2.75) is 38.3 Å². The zero-order valence-corrected chi connectivity index (χ0v) is 10.1. The van der Waals surface area contributed by atoms with E-state index < -0.39 is 0 Å². The first kappa shape index (κ1) is 11.0. The highest BCUT2D eigenvalue weighted by atomic mass is 19.1. The van der Waals surface area contributed by atoms with Gasteiger partial charge in [0.15, 0.2) is 0 Å². The molecule has 1 aromatic carbocycles. The van der Waals surface area contributed by atoms with Crippen LogP contribution in [0.1, 0.15) is 31.2 Å². The number of para-hydroxylation sites is 1. The van der Waals surface area contributed by atoms with Crippen LogP contribution in [0.15, 0.2) is 18.2 Å². The lowest BCUT2D eigenvalue weighted by Crippen LogP contribution is -2.23. The number of anilines is 1. The number of hydrogen-bond donors (Lipinski definition) is 1. The molecule has 1 N–H and O–H groups in total. The molecule has 1 aliphatic carbocycles. The van der Waals surface area contributed by atoms with E-state index >= 15 is 0 Å². The van der Waals surface area contributed by atoms with Crippen molar-refractivity contribution >= 4 is 5.69 Å². The van der Waals surface area contributed by atoms with Crippen molar-refractivity contribution < 1.29 is 4.39 Å². The van der Waals surface area contributed by atoms with Gasteiger partial charge in [0.2, 0.25) is 0 Å². The van der Waals surface area contributed by atoms with E-state index in [9.17, 15) is 4.39 Å². The minimum Gasteiger partial charge on any atom is -0.369 e. The molecule has 1 aliphatic heterocycles. The third-order valence-corrected chi connectivity index (χ3v) is 3.65. The Morgan fingerprint density at radius 2 is 2.00 bits per heavy atom. The summed E-state index contributed by atoms with van der Waals surface area (Å²) in [5, 5.41) is 3.47. The predicted molar refractivity (Wildman–Crippen MR) is 67.7 cm³/mol. The average molecular weight is 234 g/mol. The summed E-state index contributed by atoms with van der Waals surface area (Å²) in [6.07, 6.45) is 4.91. The summed E-state index contributed by atoms with van der Waals surface area (Å²) in [6, 6.07) is 6.11. The Morgan fingerprint density at radius 3 is 2.71 bits per heavy atom. The number of hydrogen-bond acceptors (Lipinski definition) is 2.